The molecule has 0 amide bonds. The minimum atomic E-state index is 0. The predicted molar refractivity (Wildman–Crippen MR) is 5.75 cm³/mol. The van der Waals surface area contributed by atoms with Crippen molar-refractivity contribution in [2.45, 2.75) is 0 Å². The molecule has 0 aliphatic carbocycles. The molecule has 5 radical (unpaired) electrons. The van der Waals surface area contributed by atoms with Crippen LogP contribution in [-0.2, 0) is 68.0 Å². The summed E-state index contributed by atoms with van der Waals surface area (Å²) in [5, 5.41) is 0. The van der Waals surface area contributed by atoms with Crippen molar-refractivity contribution in [1.82, 2.24) is 0 Å². The van der Waals surface area contributed by atoms with Crippen molar-refractivity contribution >= 4 is 23.1 Å². The zero-order chi connectivity index (χ0) is 0. The van der Waals surface area contributed by atoms with E-state index >= 15 is 0 Å². The van der Waals surface area contributed by atoms with Crippen LogP contribution in [0.1, 0.15) is 0 Å². The summed E-state index contributed by atoms with van der Waals surface area (Å²) in [6.07, 6.45) is 0. The smallest absolute Gasteiger partial charge is 0 e. The molecule has 0 aliphatic rings. The van der Waals surface area contributed by atoms with Gasteiger partial charge in [0.15, 0.2) is 0 Å². The summed E-state index contributed by atoms with van der Waals surface area (Å²) in [4.78, 5) is 0. The Kier molecular flexibility index (Phi) is 264. The quantitative estimate of drug-likeness (QED) is 0.519. The SMILES string of the molecule is [Co].[Cu].[Fe].[Mg].[Mn]. The van der Waals surface area contributed by atoms with E-state index in [4.69, 9.17) is 0 Å². The summed E-state index contributed by atoms with van der Waals surface area (Å²) in [5.74, 6) is 0. The first kappa shape index (κ1) is 45.6. The largest absolute Gasteiger partial charge is 0 e. The van der Waals surface area contributed by atoms with Gasteiger partial charge < -0.3 is 0 Å². The van der Waals surface area contributed by atoms with Gasteiger partial charge in [-0.25, -0.2) is 0 Å². The van der Waals surface area contributed by atoms with Crippen LogP contribution in [0.3, 0.4) is 0 Å². The maximum absolute atomic E-state index is 0. The van der Waals surface area contributed by atoms with Crippen LogP contribution in [0.5, 0.6) is 0 Å². The summed E-state index contributed by atoms with van der Waals surface area (Å²) in [6, 6.07) is 0. The van der Waals surface area contributed by atoms with Gasteiger partial charge >= 0.3 is 0 Å². The van der Waals surface area contributed by atoms with Crippen LogP contribution in [0.15, 0.2) is 0 Å². The van der Waals surface area contributed by atoms with Gasteiger partial charge in [-0.15, -0.1) is 0 Å². The maximum atomic E-state index is 0. The fourth-order valence-electron chi connectivity index (χ4n) is 0. The molecular formula is CoCuFeMgMn. The van der Waals surface area contributed by atoms with E-state index in [9.17, 15) is 0 Å². The molecule has 0 nitrogen and oxygen atoms in total. The van der Waals surface area contributed by atoms with Crippen molar-refractivity contribution in [2.24, 2.45) is 0 Å². The Morgan fingerprint density at radius 3 is 1.00 bits per heavy atom. The molecule has 5 heavy (non-hydrogen) atoms. The van der Waals surface area contributed by atoms with E-state index in [1.54, 1.807) is 0 Å². The molecule has 0 unspecified atom stereocenters. The van der Waals surface area contributed by atoms with Crippen molar-refractivity contribution in [2.75, 3.05) is 0 Å². The van der Waals surface area contributed by atoms with Crippen molar-refractivity contribution in [3.8, 4) is 0 Å². The van der Waals surface area contributed by atoms with Gasteiger partial charge in [0.1, 0.15) is 0 Å². The molecule has 0 saturated carbocycles. The predicted octanol–water partition coefficient (Wildman–Crippen LogP) is -0.391. The van der Waals surface area contributed by atoms with Crippen molar-refractivity contribution < 1.29 is 68.0 Å². The molecule has 0 bridgehead atoms. The molecule has 0 rings (SSSR count). The fourth-order valence-corrected chi connectivity index (χ4v) is 0. The minimum Gasteiger partial charge on any atom is 0 e. The monoisotopic (exact) mass is 257 g/mol. The van der Waals surface area contributed by atoms with Gasteiger partial charge in [0, 0.05) is 91.0 Å². The molecule has 0 aromatic heterocycles. The van der Waals surface area contributed by atoms with E-state index in [1.807, 2.05) is 0 Å². The first-order valence-electron chi connectivity index (χ1n) is 0. The fraction of sp³-hybridized carbons (Fsp3) is 0. The third-order valence-electron chi connectivity index (χ3n) is 0. The van der Waals surface area contributed by atoms with Crippen LogP contribution in [0, 0.1) is 0 Å². The Balaban J connectivity index is 0. The molecular weight excluding hydrogens is 258 g/mol. The molecule has 0 aromatic carbocycles. The van der Waals surface area contributed by atoms with E-state index in [0.717, 1.165) is 0 Å². The molecule has 0 atom stereocenters. The average Bonchev–Trinajstić information content (AvgIpc) is 0. The van der Waals surface area contributed by atoms with Crippen molar-refractivity contribution in [1.29, 1.82) is 0 Å². The Hall–Kier alpha value is 2.83. The standard InChI is InChI=1S/Co.Cu.Fe.Mg.Mn. The first-order valence-corrected chi connectivity index (χ1v) is 0. The second-order valence-electron chi connectivity index (χ2n) is 0. The van der Waals surface area contributed by atoms with Gasteiger partial charge in [0.25, 0.3) is 0 Å². The van der Waals surface area contributed by atoms with E-state index in [1.165, 1.54) is 0 Å². The minimum absolute atomic E-state index is 0. The average molecular weight is 258 g/mol. The summed E-state index contributed by atoms with van der Waals surface area (Å²) >= 11 is 0. The number of hydrogen-bond acceptors (Lipinski definition) is 0. The second kappa shape index (κ2) is 29.0. The third-order valence-corrected chi connectivity index (χ3v) is 0. The van der Waals surface area contributed by atoms with Crippen LogP contribution >= 0.6 is 0 Å². The number of rotatable bonds is 0. The van der Waals surface area contributed by atoms with Gasteiger partial charge in [-0.2, -0.15) is 0 Å². The third kappa shape index (κ3) is 19.9. The summed E-state index contributed by atoms with van der Waals surface area (Å²) < 4.78 is 0. The molecule has 0 saturated heterocycles. The molecule has 0 N–H and O–H groups in total. The Bertz CT molecular complexity index is 11.6. The summed E-state index contributed by atoms with van der Waals surface area (Å²) in [5.41, 5.74) is 0. The summed E-state index contributed by atoms with van der Waals surface area (Å²) in [6.45, 7) is 0. The van der Waals surface area contributed by atoms with Gasteiger partial charge in [0.2, 0.25) is 0 Å². The van der Waals surface area contributed by atoms with Gasteiger partial charge in [-0.1, -0.05) is 0 Å². The molecule has 0 aromatic rings. The van der Waals surface area contributed by atoms with Gasteiger partial charge in [0.05, 0.1) is 0 Å². The molecule has 0 fully saturated rings. The Morgan fingerprint density at radius 2 is 1.00 bits per heavy atom. The van der Waals surface area contributed by atoms with Crippen LogP contribution in [0.4, 0.5) is 0 Å². The number of hydrogen-bond donors (Lipinski definition) is 0. The molecule has 0 heterocycles. The van der Waals surface area contributed by atoms with E-state index in [0.29, 0.717) is 0 Å². The molecule has 0 spiro atoms. The van der Waals surface area contributed by atoms with Gasteiger partial charge in [-0.3, -0.25) is 0 Å². The van der Waals surface area contributed by atoms with Crippen LogP contribution in [0.2, 0.25) is 0 Å². The second-order valence-corrected chi connectivity index (χ2v) is 0. The first-order chi connectivity index (χ1) is 0. The topological polar surface area (TPSA) is 0 Å². The van der Waals surface area contributed by atoms with Crippen LogP contribution in [0.25, 0.3) is 0 Å². The Labute approximate surface area is 89.7 Å². The van der Waals surface area contributed by atoms with Crippen LogP contribution in [-0.4, -0.2) is 23.1 Å². The molecule has 5 heteroatoms. The normalized spacial score (nSPS) is 0. The summed E-state index contributed by atoms with van der Waals surface area (Å²) in [7, 11) is 0. The zero-order valence-electron chi connectivity index (χ0n) is 2.07. The van der Waals surface area contributed by atoms with E-state index < -0.39 is 0 Å². The van der Waals surface area contributed by atoms with Crippen LogP contribution < -0.4 is 0 Å². The maximum Gasteiger partial charge on any atom is 0 e. The van der Waals surface area contributed by atoms with Crippen molar-refractivity contribution in [3.63, 3.8) is 0 Å². The molecule has 37 valence electrons. The molecule has 0 aliphatic heterocycles. The Morgan fingerprint density at radius 1 is 1.00 bits per heavy atom. The van der Waals surface area contributed by atoms with E-state index in [-0.39, 0.29) is 91.0 Å². The van der Waals surface area contributed by atoms with E-state index in [2.05, 4.69) is 0 Å². The van der Waals surface area contributed by atoms with Crippen molar-refractivity contribution in [3.05, 3.63) is 0 Å². The van der Waals surface area contributed by atoms with Gasteiger partial charge in [-0.05, 0) is 0 Å². The zero-order valence-corrected chi connectivity index (χ0v) is 7.75.